The van der Waals surface area contributed by atoms with Gasteiger partial charge in [0.15, 0.2) is 16.5 Å². The van der Waals surface area contributed by atoms with Gasteiger partial charge in [-0.2, -0.15) is 31.4 Å². The fourth-order valence-corrected chi connectivity index (χ4v) is 3.26. The Morgan fingerprint density at radius 3 is 2.41 bits per heavy atom. The summed E-state index contributed by atoms with van der Waals surface area (Å²) < 4.78 is 92.0. The molecule has 5 nitrogen and oxygen atoms in total. The maximum Gasteiger partial charge on any atom is 0.435 e. The normalized spacial score (nSPS) is 12.6. The lowest BCUT2D eigenvalue weighted by Gasteiger charge is -2.10. The molecule has 0 fully saturated rings. The van der Waals surface area contributed by atoms with Crippen LogP contribution < -0.4 is 5.32 Å². The van der Waals surface area contributed by atoms with E-state index in [1.54, 1.807) is 0 Å². The number of rotatable bonds is 2. The van der Waals surface area contributed by atoms with Crippen LogP contribution >= 0.6 is 11.3 Å². The molecular weight excluding hydrogens is 405 g/mol. The lowest BCUT2D eigenvalue weighted by Crippen LogP contribution is -2.22. The summed E-state index contributed by atoms with van der Waals surface area (Å²) in [6, 6.07) is 3.39. The van der Waals surface area contributed by atoms with E-state index in [9.17, 15) is 35.5 Å². The van der Waals surface area contributed by atoms with Gasteiger partial charge in [-0.25, -0.2) is 9.37 Å². The van der Waals surface area contributed by atoms with Crippen molar-refractivity contribution >= 4 is 32.6 Å². The molecule has 2 aromatic heterocycles. The zero-order valence-electron chi connectivity index (χ0n) is 13.0. The number of benzene rings is 1. The Labute approximate surface area is 149 Å². The molecule has 0 radical (unpaired) electrons. The summed E-state index contributed by atoms with van der Waals surface area (Å²) >= 11 is 0.695. The highest BCUT2D eigenvalue weighted by Crippen LogP contribution is 2.39. The molecule has 0 atom stereocenters. The summed E-state index contributed by atoms with van der Waals surface area (Å²) in [6.45, 7) is 0. The standard InChI is InChI=1S/C14H7F7N4OS/c1-25-10(14(19,20)21)8(9(24-25)13(16,17)18)11(26)23-12-22-6-3-2-5(15)4-7(6)27-12/h2-4H,1H3,(H,22,23,26). The van der Waals surface area contributed by atoms with Crippen LogP contribution in [0.3, 0.4) is 0 Å². The number of aromatic nitrogens is 3. The summed E-state index contributed by atoms with van der Waals surface area (Å²) in [5.74, 6) is -2.29. The van der Waals surface area contributed by atoms with E-state index < -0.39 is 41.0 Å². The zero-order chi connectivity index (χ0) is 20.1. The van der Waals surface area contributed by atoms with Gasteiger partial charge in [-0.15, -0.1) is 0 Å². The number of carbonyl (C=O) groups excluding carboxylic acids is 1. The van der Waals surface area contributed by atoms with E-state index >= 15 is 0 Å². The maximum atomic E-state index is 13.2. The van der Waals surface area contributed by atoms with E-state index in [2.05, 4.69) is 10.1 Å². The molecule has 13 heteroatoms. The topological polar surface area (TPSA) is 59.8 Å². The minimum absolute atomic E-state index is 0.0501. The van der Waals surface area contributed by atoms with Gasteiger partial charge in [0.1, 0.15) is 11.4 Å². The third-order valence-corrected chi connectivity index (χ3v) is 4.32. The molecule has 0 aliphatic rings. The lowest BCUT2D eigenvalue weighted by molar-refractivity contribution is -0.144. The second-order valence-electron chi connectivity index (χ2n) is 5.28. The van der Waals surface area contributed by atoms with Crippen LogP contribution in [-0.4, -0.2) is 20.7 Å². The minimum Gasteiger partial charge on any atom is -0.298 e. The summed E-state index contributed by atoms with van der Waals surface area (Å²) in [7, 11) is 0.648. The highest BCUT2D eigenvalue weighted by molar-refractivity contribution is 7.22. The van der Waals surface area contributed by atoms with Crippen LogP contribution in [-0.2, 0) is 19.4 Å². The van der Waals surface area contributed by atoms with Crippen LogP contribution in [0.1, 0.15) is 21.7 Å². The number of hydrogen-bond donors (Lipinski definition) is 1. The summed E-state index contributed by atoms with van der Waals surface area (Å²) in [4.78, 5) is 16.1. The molecule has 0 spiro atoms. The first-order chi connectivity index (χ1) is 12.4. The third-order valence-electron chi connectivity index (χ3n) is 3.38. The summed E-state index contributed by atoms with van der Waals surface area (Å²) in [5, 5.41) is 4.42. The molecule has 0 unspecified atom stereocenters. The van der Waals surface area contributed by atoms with Gasteiger partial charge in [0.25, 0.3) is 5.91 Å². The molecule has 3 aromatic rings. The number of amides is 1. The quantitative estimate of drug-likeness (QED) is 0.633. The van der Waals surface area contributed by atoms with Crippen molar-refractivity contribution in [2.45, 2.75) is 12.4 Å². The van der Waals surface area contributed by atoms with Crippen LogP contribution in [0, 0.1) is 5.82 Å². The van der Waals surface area contributed by atoms with Crippen molar-refractivity contribution in [1.82, 2.24) is 14.8 Å². The molecule has 0 aliphatic carbocycles. The van der Waals surface area contributed by atoms with E-state index in [1.165, 1.54) is 6.07 Å². The van der Waals surface area contributed by atoms with Crippen molar-refractivity contribution in [3.8, 4) is 0 Å². The number of alkyl halides is 6. The molecule has 2 heterocycles. The SMILES string of the molecule is Cn1nc(C(F)(F)F)c(C(=O)Nc2nc3ccc(F)cc3s2)c1C(F)(F)F. The fourth-order valence-electron chi connectivity index (χ4n) is 2.37. The van der Waals surface area contributed by atoms with Crippen molar-refractivity contribution in [3.63, 3.8) is 0 Å². The Morgan fingerprint density at radius 2 is 1.81 bits per heavy atom. The van der Waals surface area contributed by atoms with Crippen molar-refractivity contribution < 1.29 is 35.5 Å². The maximum absolute atomic E-state index is 13.2. The van der Waals surface area contributed by atoms with E-state index in [-0.39, 0.29) is 20.0 Å². The van der Waals surface area contributed by atoms with Gasteiger partial charge in [-0.3, -0.25) is 14.8 Å². The first-order valence-corrected chi connectivity index (χ1v) is 7.78. The van der Waals surface area contributed by atoms with Crippen LogP contribution in [0.15, 0.2) is 18.2 Å². The average molecular weight is 412 g/mol. The van der Waals surface area contributed by atoms with Gasteiger partial charge in [0.05, 0.1) is 10.2 Å². The van der Waals surface area contributed by atoms with Gasteiger partial charge in [0.2, 0.25) is 0 Å². The lowest BCUT2D eigenvalue weighted by atomic mass is 10.1. The minimum atomic E-state index is -5.29. The molecule has 27 heavy (non-hydrogen) atoms. The Morgan fingerprint density at radius 1 is 1.15 bits per heavy atom. The molecular formula is C14H7F7N4OS. The van der Waals surface area contributed by atoms with Gasteiger partial charge in [-0.1, -0.05) is 11.3 Å². The largest absolute Gasteiger partial charge is 0.435 e. The molecule has 0 aliphatic heterocycles. The average Bonchev–Trinajstić information content (AvgIpc) is 3.05. The second-order valence-corrected chi connectivity index (χ2v) is 6.31. The first-order valence-electron chi connectivity index (χ1n) is 6.96. The predicted molar refractivity (Wildman–Crippen MR) is 80.7 cm³/mol. The van der Waals surface area contributed by atoms with Crippen molar-refractivity contribution in [2.24, 2.45) is 7.05 Å². The van der Waals surface area contributed by atoms with Crippen molar-refractivity contribution in [3.05, 3.63) is 41.0 Å². The van der Waals surface area contributed by atoms with E-state index in [0.717, 1.165) is 12.1 Å². The molecule has 0 bridgehead atoms. The van der Waals surface area contributed by atoms with Crippen LogP contribution in [0.25, 0.3) is 10.2 Å². The number of halogens is 7. The number of anilines is 1. The van der Waals surface area contributed by atoms with Crippen LogP contribution in [0.5, 0.6) is 0 Å². The highest BCUT2D eigenvalue weighted by atomic mass is 32.1. The number of nitrogens with zero attached hydrogens (tertiary/aromatic N) is 3. The van der Waals surface area contributed by atoms with Crippen molar-refractivity contribution in [2.75, 3.05) is 5.32 Å². The van der Waals surface area contributed by atoms with Gasteiger partial charge < -0.3 is 0 Å². The van der Waals surface area contributed by atoms with Gasteiger partial charge in [-0.05, 0) is 18.2 Å². The second kappa shape index (κ2) is 6.18. The van der Waals surface area contributed by atoms with E-state index in [1.807, 2.05) is 5.32 Å². The Hall–Kier alpha value is -2.70. The molecule has 0 saturated carbocycles. The monoisotopic (exact) mass is 412 g/mol. The Balaban J connectivity index is 2.07. The molecule has 144 valence electrons. The number of nitrogens with one attached hydrogen (secondary N) is 1. The van der Waals surface area contributed by atoms with E-state index in [4.69, 9.17) is 0 Å². The fraction of sp³-hybridized carbons (Fsp3) is 0.214. The molecule has 1 amide bonds. The number of hydrogen-bond acceptors (Lipinski definition) is 4. The Bertz CT molecular complexity index is 1030. The summed E-state index contributed by atoms with van der Waals surface area (Å²) in [5.41, 5.74) is -5.26. The van der Waals surface area contributed by atoms with E-state index in [0.29, 0.717) is 18.4 Å². The molecule has 1 N–H and O–H groups in total. The molecule has 1 aromatic carbocycles. The number of thiazole rings is 1. The van der Waals surface area contributed by atoms with Gasteiger partial charge >= 0.3 is 12.4 Å². The van der Waals surface area contributed by atoms with Crippen LogP contribution in [0.4, 0.5) is 35.9 Å². The Kier molecular flexibility index (Phi) is 4.37. The smallest absolute Gasteiger partial charge is 0.298 e. The number of aryl methyl sites for hydroxylation is 1. The zero-order valence-corrected chi connectivity index (χ0v) is 13.9. The molecule has 3 rings (SSSR count). The summed E-state index contributed by atoms with van der Waals surface area (Å²) in [6.07, 6.45) is -10.5. The van der Waals surface area contributed by atoms with Gasteiger partial charge in [0, 0.05) is 7.05 Å². The van der Waals surface area contributed by atoms with Crippen molar-refractivity contribution in [1.29, 1.82) is 0 Å². The van der Waals surface area contributed by atoms with Crippen LogP contribution in [0.2, 0.25) is 0 Å². The predicted octanol–water partition coefficient (Wildman–Crippen LogP) is 4.46. The first kappa shape index (κ1) is 19.1. The third kappa shape index (κ3) is 3.59. The number of carbonyl (C=O) groups is 1. The highest BCUT2D eigenvalue weighted by Gasteiger charge is 2.48. The number of fused-ring (bicyclic) bond motifs is 1. The molecule has 0 saturated heterocycles.